The number of ether oxygens (including phenoxy) is 1. The molecule has 2 aromatic rings. The van der Waals surface area contributed by atoms with Gasteiger partial charge in [-0.2, -0.15) is 0 Å². The van der Waals surface area contributed by atoms with E-state index in [0.29, 0.717) is 6.42 Å². The number of hydrogen-bond acceptors (Lipinski definition) is 4. The Hall–Kier alpha value is -1.89. The number of benzene rings is 2. The number of carbonyl (C=O) groups is 1. The zero-order valence-electron chi connectivity index (χ0n) is 13.2. The van der Waals surface area contributed by atoms with Crippen LogP contribution in [0.2, 0.25) is 5.02 Å². The lowest BCUT2D eigenvalue weighted by Crippen LogP contribution is -2.19. The Morgan fingerprint density at radius 3 is 2.54 bits per heavy atom. The lowest BCUT2D eigenvalue weighted by molar-refractivity contribution is 0.0500. The van der Waals surface area contributed by atoms with E-state index in [2.05, 4.69) is 4.72 Å². The summed E-state index contributed by atoms with van der Waals surface area (Å²) in [5.41, 5.74) is 1.20. The fourth-order valence-corrected chi connectivity index (χ4v) is 3.06. The van der Waals surface area contributed by atoms with Crippen LogP contribution < -0.4 is 4.72 Å². The fourth-order valence-electron chi connectivity index (χ4n) is 2.11. The summed E-state index contributed by atoms with van der Waals surface area (Å²) in [5, 5.41) is 0.151. The zero-order chi connectivity index (χ0) is 17.6. The summed E-state index contributed by atoms with van der Waals surface area (Å²) >= 11 is 5.98. The highest BCUT2D eigenvalue weighted by Crippen LogP contribution is 2.21. The fraction of sp³-hybridized carbons (Fsp3) is 0.235. The van der Waals surface area contributed by atoms with Crippen molar-refractivity contribution in [2.24, 2.45) is 0 Å². The molecule has 2 rings (SSSR count). The van der Waals surface area contributed by atoms with Crippen molar-refractivity contribution >= 4 is 27.6 Å². The molecule has 0 atom stereocenters. The predicted molar refractivity (Wildman–Crippen MR) is 92.7 cm³/mol. The topological polar surface area (TPSA) is 72.5 Å². The van der Waals surface area contributed by atoms with Gasteiger partial charge in [0.1, 0.15) is 0 Å². The number of rotatable bonds is 7. The molecule has 0 amide bonds. The van der Waals surface area contributed by atoms with Gasteiger partial charge in [-0.1, -0.05) is 41.9 Å². The Morgan fingerprint density at radius 2 is 1.88 bits per heavy atom. The normalized spacial score (nSPS) is 11.2. The van der Waals surface area contributed by atoms with Gasteiger partial charge < -0.3 is 4.74 Å². The summed E-state index contributed by atoms with van der Waals surface area (Å²) in [4.78, 5) is 12.1. The molecule has 1 N–H and O–H groups in total. The monoisotopic (exact) mass is 367 g/mol. The first kappa shape index (κ1) is 18.4. The Morgan fingerprint density at radius 1 is 1.17 bits per heavy atom. The van der Waals surface area contributed by atoms with Gasteiger partial charge in [0.15, 0.2) is 0 Å². The number of hydrogen-bond donors (Lipinski definition) is 1. The van der Waals surface area contributed by atoms with Crippen LogP contribution in [0.15, 0.2) is 53.4 Å². The second-order valence-corrected chi connectivity index (χ2v) is 7.37. The van der Waals surface area contributed by atoms with Crippen molar-refractivity contribution in [3.63, 3.8) is 0 Å². The predicted octanol–water partition coefficient (Wildman–Crippen LogP) is 3.04. The van der Waals surface area contributed by atoms with Crippen molar-refractivity contribution in [2.75, 3.05) is 13.7 Å². The van der Waals surface area contributed by atoms with E-state index in [9.17, 15) is 13.2 Å². The van der Waals surface area contributed by atoms with Crippen molar-refractivity contribution in [1.82, 2.24) is 4.72 Å². The highest BCUT2D eigenvalue weighted by Gasteiger charge is 2.18. The summed E-state index contributed by atoms with van der Waals surface area (Å²) in [5.74, 6) is -0.638. The van der Waals surface area contributed by atoms with Gasteiger partial charge in [-0.05, 0) is 43.7 Å². The highest BCUT2D eigenvalue weighted by molar-refractivity contribution is 7.89. The summed E-state index contributed by atoms with van der Waals surface area (Å²) < 4.78 is 31.0. The molecule has 0 heterocycles. The summed E-state index contributed by atoms with van der Waals surface area (Å²) in [6, 6.07) is 13.8. The molecule has 0 saturated heterocycles. The van der Waals surface area contributed by atoms with Crippen molar-refractivity contribution in [1.29, 1.82) is 0 Å². The van der Waals surface area contributed by atoms with Gasteiger partial charge in [-0.3, -0.25) is 0 Å². The van der Waals surface area contributed by atoms with Gasteiger partial charge in [-0.15, -0.1) is 0 Å². The van der Waals surface area contributed by atoms with E-state index < -0.39 is 16.0 Å². The molecule has 2 aromatic carbocycles. The number of aryl methyl sites for hydroxylation is 1. The number of halogens is 1. The number of carbonyl (C=O) groups excluding carboxylic acids is 1. The molecule has 0 aliphatic heterocycles. The molecule has 5 nitrogen and oxygen atoms in total. The van der Waals surface area contributed by atoms with Gasteiger partial charge in [0.05, 0.1) is 22.1 Å². The van der Waals surface area contributed by atoms with Crippen molar-refractivity contribution < 1.29 is 17.9 Å². The summed E-state index contributed by atoms with van der Waals surface area (Å²) in [6.45, 7) is 0.229. The lowest BCUT2D eigenvalue weighted by atomic mass is 10.1. The van der Waals surface area contributed by atoms with Crippen molar-refractivity contribution in [3.8, 4) is 0 Å². The molecular weight excluding hydrogens is 350 g/mol. The van der Waals surface area contributed by atoms with Gasteiger partial charge in [-0.25, -0.2) is 17.9 Å². The first-order valence-electron chi connectivity index (χ1n) is 7.38. The van der Waals surface area contributed by atoms with Crippen LogP contribution in [0.1, 0.15) is 22.3 Å². The minimum Gasteiger partial charge on any atom is -0.462 e. The number of nitrogens with one attached hydrogen (secondary N) is 1. The van der Waals surface area contributed by atoms with E-state index in [1.165, 1.54) is 25.2 Å². The first-order valence-corrected chi connectivity index (χ1v) is 9.24. The van der Waals surface area contributed by atoms with Crippen molar-refractivity contribution in [3.05, 3.63) is 64.7 Å². The van der Waals surface area contributed by atoms with Gasteiger partial charge >= 0.3 is 5.97 Å². The molecule has 0 spiro atoms. The largest absolute Gasteiger partial charge is 0.462 e. The third kappa shape index (κ3) is 4.80. The van der Waals surface area contributed by atoms with E-state index in [1.807, 2.05) is 30.3 Å². The number of sulfonamides is 1. The van der Waals surface area contributed by atoms with E-state index in [4.69, 9.17) is 16.3 Å². The standard InChI is InChI=1S/C17H18ClNO4S/c1-19-24(21,22)14-9-10-16(18)15(12-14)17(20)23-11-5-8-13-6-3-2-4-7-13/h2-4,6-7,9-10,12,19H,5,8,11H2,1H3. The molecule has 0 radical (unpaired) electrons. The Bertz CT molecular complexity index is 807. The van der Waals surface area contributed by atoms with Crippen LogP contribution in [0.4, 0.5) is 0 Å². The Kier molecular flexibility index (Phi) is 6.36. The SMILES string of the molecule is CNS(=O)(=O)c1ccc(Cl)c(C(=O)OCCCc2ccccc2)c1. The molecular formula is C17H18ClNO4S. The quantitative estimate of drug-likeness (QED) is 0.603. The second kappa shape index (κ2) is 8.28. The lowest BCUT2D eigenvalue weighted by Gasteiger charge is -2.09. The van der Waals surface area contributed by atoms with Gasteiger partial charge in [0, 0.05) is 0 Å². The third-order valence-electron chi connectivity index (χ3n) is 3.42. The molecule has 0 bridgehead atoms. The molecule has 24 heavy (non-hydrogen) atoms. The molecule has 0 aromatic heterocycles. The summed E-state index contributed by atoms with van der Waals surface area (Å²) in [7, 11) is -2.35. The summed E-state index contributed by atoms with van der Waals surface area (Å²) in [6.07, 6.45) is 1.46. The smallest absolute Gasteiger partial charge is 0.339 e. The second-order valence-electron chi connectivity index (χ2n) is 5.07. The minimum atomic E-state index is -3.65. The molecule has 0 unspecified atom stereocenters. The van der Waals surface area contributed by atoms with Gasteiger partial charge in [0.25, 0.3) is 0 Å². The molecule has 7 heteroatoms. The van der Waals surface area contributed by atoms with Crippen LogP contribution in [0.5, 0.6) is 0 Å². The average molecular weight is 368 g/mol. The Balaban J connectivity index is 1.98. The van der Waals surface area contributed by atoms with E-state index in [1.54, 1.807) is 0 Å². The molecule has 128 valence electrons. The van der Waals surface area contributed by atoms with Crippen LogP contribution in [0.25, 0.3) is 0 Å². The van der Waals surface area contributed by atoms with E-state index in [0.717, 1.165) is 12.0 Å². The maximum absolute atomic E-state index is 12.1. The maximum atomic E-state index is 12.1. The minimum absolute atomic E-state index is 0.0349. The van der Waals surface area contributed by atoms with Gasteiger partial charge in [0.2, 0.25) is 10.0 Å². The molecule has 0 saturated carbocycles. The van der Waals surface area contributed by atoms with Crippen LogP contribution in [0, 0.1) is 0 Å². The third-order valence-corrected chi connectivity index (χ3v) is 5.16. The van der Waals surface area contributed by atoms with E-state index >= 15 is 0 Å². The van der Waals surface area contributed by atoms with Crippen molar-refractivity contribution in [2.45, 2.75) is 17.7 Å². The van der Waals surface area contributed by atoms with Crippen LogP contribution in [0.3, 0.4) is 0 Å². The van der Waals surface area contributed by atoms with Crippen LogP contribution in [-0.4, -0.2) is 28.0 Å². The Labute approximate surface area is 146 Å². The van der Waals surface area contributed by atoms with E-state index in [-0.39, 0.29) is 22.1 Å². The first-order chi connectivity index (χ1) is 11.4. The molecule has 0 fully saturated rings. The highest BCUT2D eigenvalue weighted by atomic mass is 35.5. The van der Waals surface area contributed by atoms with Crippen LogP contribution >= 0.6 is 11.6 Å². The van der Waals surface area contributed by atoms with Crippen LogP contribution in [-0.2, 0) is 21.2 Å². The molecule has 0 aliphatic carbocycles. The maximum Gasteiger partial charge on any atom is 0.339 e. The zero-order valence-corrected chi connectivity index (χ0v) is 14.7. The average Bonchev–Trinajstić information content (AvgIpc) is 2.59. The number of esters is 1. The molecule has 0 aliphatic rings.